The van der Waals surface area contributed by atoms with Crippen LogP contribution in [0.25, 0.3) is 0 Å². The predicted octanol–water partition coefficient (Wildman–Crippen LogP) is 4.50. The molecule has 4 nitrogen and oxygen atoms in total. The lowest BCUT2D eigenvalue weighted by atomic mass is 10.1. The van der Waals surface area contributed by atoms with Gasteiger partial charge >= 0.3 is 0 Å². The number of rotatable bonds is 8. The topological polar surface area (TPSA) is 47.6 Å². The number of benzene rings is 2. The molecule has 2 aromatic rings. The van der Waals surface area contributed by atoms with Crippen molar-refractivity contribution in [3.05, 3.63) is 53.6 Å². The number of anilines is 1. The minimum absolute atomic E-state index is 0.0913. The van der Waals surface area contributed by atoms with Crippen LogP contribution in [0, 0.1) is 13.8 Å². The first-order chi connectivity index (χ1) is 11.6. The van der Waals surface area contributed by atoms with Crippen LogP contribution in [-0.4, -0.2) is 19.1 Å². The summed E-state index contributed by atoms with van der Waals surface area (Å²) in [5.74, 6) is 1.40. The van der Waals surface area contributed by atoms with Crippen molar-refractivity contribution in [3.8, 4) is 11.5 Å². The molecule has 0 radical (unpaired) electrons. The van der Waals surface area contributed by atoms with Crippen LogP contribution < -0.4 is 14.8 Å². The molecule has 2 aromatic carbocycles. The Morgan fingerprint density at radius 2 is 1.79 bits per heavy atom. The Morgan fingerprint density at radius 1 is 1.00 bits per heavy atom. The standard InChI is InChI=1S/C20H25NO3/c1-4-12-24-19-8-6-5-7-18(19)21-20(22)11-13-23-17-10-9-15(2)16(3)14-17/h5-10,14H,4,11-13H2,1-3H3,(H,21,22). The quantitative estimate of drug-likeness (QED) is 0.776. The van der Waals surface area contributed by atoms with Gasteiger partial charge in [0, 0.05) is 0 Å². The van der Waals surface area contributed by atoms with E-state index in [4.69, 9.17) is 9.47 Å². The Hall–Kier alpha value is -2.49. The van der Waals surface area contributed by atoms with Crippen LogP contribution in [0.1, 0.15) is 30.9 Å². The molecule has 128 valence electrons. The maximum absolute atomic E-state index is 12.1. The van der Waals surface area contributed by atoms with Gasteiger partial charge in [0.05, 0.1) is 25.3 Å². The summed E-state index contributed by atoms with van der Waals surface area (Å²) in [6, 6.07) is 13.4. The summed E-state index contributed by atoms with van der Waals surface area (Å²) in [5, 5.41) is 2.88. The van der Waals surface area contributed by atoms with Crippen LogP contribution in [0.4, 0.5) is 5.69 Å². The lowest BCUT2D eigenvalue weighted by Gasteiger charge is -2.12. The van der Waals surface area contributed by atoms with Crippen molar-refractivity contribution in [2.24, 2.45) is 0 Å². The Bertz CT molecular complexity index is 682. The van der Waals surface area contributed by atoms with Gasteiger partial charge in [-0.3, -0.25) is 4.79 Å². The third-order valence-corrected chi connectivity index (χ3v) is 3.70. The fourth-order valence-electron chi connectivity index (χ4n) is 2.19. The van der Waals surface area contributed by atoms with Crippen molar-refractivity contribution in [1.29, 1.82) is 0 Å². The van der Waals surface area contributed by atoms with E-state index in [1.165, 1.54) is 11.1 Å². The number of hydrogen-bond donors (Lipinski definition) is 1. The van der Waals surface area contributed by atoms with Gasteiger partial charge in [0.2, 0.25) is 5.91 Å². The largest absolute Gasteiger partial charge is 0.493 e. The van der Waals surface area contributed by atoms with Crippen LogP contribution in [0.5, 0.6) is 11.5 Å². The number of carbonyl (C=O) groups excluding carboxylic acids is 1. The molecule has 0 spiro atoms. The molecule has 0 atom stereocenters. The first-order valence-electron chi connectivity index (χ1n) is 8.32. The van der Waals surface area contributed by atoms with Crippen LogP contribution in [0.15, 0.2) is 42.5 Å². The van der Waals surface area contributed by atoms with Crippen molar-refractivity contribution in [3.63, 3.8) is 0 Å². The van der Waals surface area contributed by atoms with E-state index < -0.39 is 0 Å². The van der Waals surface area contributed by atoms with Gasteiger partial charge in [-0.15, -0.1) is 0 Å². The Morgan fingerprint density at radius 3 is 2.54 bits per heavy atom. The first-order valence-corrected chi connectivity index (χ1v) is 8.32. The normalized spacial score (nSPS) is 10.3. The predicted molar refractivity (Wildman–Crippen MR) is 96.9 cm³/mol. The fourth-order valence-corrected chi connectivity index (χ4v) is 2.19. The number of ether oxygens (including phenoxy) is 2. The third kappa shape index (κ3) is 5.30. The van der Waals surface area contributed by atoms with Gasteiger partial charge in [0.1, 0.15) is 11.5 Å². The molecule has 2 rings (SSSR count). The van der Waals surface area contributed by atoms with E-state index >= 15 is 0 Å². The second-order valence-electron chi connectivity index (χ2n) is 5.74. The zero-order chi connectivity index (χ0) is 17.4. The van der Waals surface area contributed by atoms with E-state index in [1.54, 1.807) is 0 Å². The summed E-state index contributed by atoms with van der Waals surface area (Å²) < 4.78 is 11.3. The van der Waals surface area contributed by atoms with Gasteiger partial charge in [-0.05, 0) is 55.7 Å². The number of nitrogens with one attached hydrogen (secondary N) is 1. The van der Waals surface area contributed by atoms with Crippen molar-refractivity contribution in [1.82, 2.24) is 0 Å². The molecule has 0 aliphatic rings. The summed E-state index contributed by atoms with van der Waals surface area (Å²) >= 11 is 0. The van der Waals surface area contributed by atoms with Crippen molar-refractivity contribution in [2.75, 3.05) is 18.5 Å². The van der Waals surface area contributed by atoms with Crippen molar-refractivity contribution < 1.29 is 14.3 Å². The molecule has 24 heavy (non-hydrogen) atoms. The summed E-state index contributed by atoms with van der Waals surface area (Å²) in [6.45, 7) is 7.12. The second kappa shape index (κ2) is 8.96. The van der Waals surface area contributed by atoms with Crippen LogP contribution in [-0.2, 0) is 4.79 Å². The maximum Gasteiger partial charge on any atom is 0.227 e. The SMILES string of the molecule is CCCOc1ccccc1NC(=O)CCOc1ccc(C)c(C)c1. The third-order valence-electron chi connectivity index (χ3n) is 3.70. The Labute approximate surface area is 143 Å². The minimum Gasteiger partial charge on any atom is -0.493 e. The first kappa shape index (κ1) is 17.9. The van der Waals surface area contributed by atoms with E-state index in [0.29, 0.717) is 24.7 Å². The smallest absolute Gasteiger partial charge is 0.227 e. The summed E-state index contributed by atoms with van der Waals surface area (Å²) in [4.78, 5) is 12.1. The molecule has 0 heterocycles. The number of hydrogen-bond acceptors (Lipinski definition) is 3. The minimum atomic E-state index is -0.0913. The maximum atomic E-state index is 12.1. The highest BCUT2D eigenvalue weighted by atomic mass is 16.5. The Kier molecular flexibility index (Phi) is 6.67. The van der Waals surface area contributed by atoms with Crippen LogP contribution in [0.3, 0.4) is 0 Å². The molecule has 0 aromatic heterocycles. The van der Waals surface area contributed by atoms with E-state index in [1.807, 2.05) is 56.3 Å². The van der Waals surface area contributed by atoms with Crippen LogP contribution >= 0.6 is 0 Å². The highest BCUT2D eigenvalue weighted by Crippen LogP contribution is 2.24. The molecule has 1 N–H and O–H groups in total. The van der Waals surface area contributed by atoms with Gasteiger partial charge < -0.3 is 14.8 Å². The molecule has 4 heteroatoms. The summed E-state index contributed by atoms with van der Waals surface area (Å²) in [6.07, 6.45) is 1.21. The van der Waals surface area contributed by atoms with Crippen LogP contribution in [0.2, 0.25) is 0 Å². The number of amides is 1. The van der Waals surface area contributed by atoms with E-state index in [2.05, 4.69) is 12.2 Å². The van der Waals surface area contributed by atoms with E-state index in [9.17, 15) is 4.79 Å². The van der Waals surface area contributed by atoms with Gasteiger partial charge in [0.25, 0.3) is 0 Å². The van der Waals surface area contributed by atoms with Gasteiger partial charge in [-0.2, -0.15) is 0 Å². The highest BCUT2D eigenvalue weighted by Gasteiger charge is 2.08. The molecule has 0 unspecified atom stereocenters. The number of para-hydroxylation sites is 2. The lowest BCUT2D eigenvalue weighted by Crippen LogP contribution is -2.16. The molecule has 0 bridgehead atoms. The molecular formula is C20H25NO3. The van der Waals surface area contributed by atoms with Gasteiger partial charge in [-0.1, -0.05) is 25.1 Å². The number of aryl methyl sites for hydroxylation is 2. The molecular weight excluding hydrogens is 302 g/mol. The second-order valence-corrected chi connectivity index (χ2v) is 5.74. The lowest BCUT2D eigenvalue weighted by molar-refractivity contribution is -0.116. The summed E-state index contributed by atoms with van der Waals surface area (Å²) in [7, 11) is 0. The molecule has 0 fully saturated rings. The molecule has 0 aliphatic heterocycles. The van der Waals surface area contributed by atoms with Gasteiger partial charge in [-0.25, -0.2) is 0 Å². The molecule has 0 saturated heterocycles. The summed E-state index contributed by atoms with van der Waals surface area (Å²) in [5.41, 5.74) is 3.10. The molecule has 0 saturated carbocycles. The molecule has 1 amide bonds. The average molecular weight is 327 g/mol. The average Bonchev–Trinajstić information content (AvgIpc) is 2.57. The monoisotopic (exact) mass is 327 g/mol. The molecule has 0 aliphatic carbocycles. The Balaban J connectivity index is 1.84. The zero-order valence-corrected chi connectivity index (χ0v) is 14.6. The number of carbonyl (C=O) groups is 1. The zero-order valence-electron chi connectivity index (χ0n) is 14.6. The van der Waals surface area contributed by atoms with Gasteiger partial charge in [0.15, 0.2) is 0 Å². The van der Waals surface area contributed by atoms with Crippen molar-refractivity contribution >= 4 is 11.6 Å². The van der Waals surface area contributed by atoms with E-state index in [-0.39, 0.29) is 12.3 Å². The fraction of sp³-hybridized carbons (Fsp3) is 0.350. The highest BCUT2D eigenvalue weighted by molar-refractivity contribution is 5.92. The van der Waals surface area contributed by atoms with Crippen molar-refractivity contribution in [2.45, 2.75) is 33.6 Å². The van der Waals surface area contributed by atoms with E-state index in [0.717, 1.165) is 12.2 Å².